The van der Waals surface area contributed by atoms with E-state index < -0.39 is 24.3 Å². The summed E-state index contributed by atoms with van der Waals surface area (Å²) in [6.07, 6.45) is -1.62. The molecule has 126 valence electrons. The van der Waals surface area contributed by atoms with E-state index in [1.54, 1.807) is 13.8 Å². The van der Waals surface area contributed by atoms with Crippen molar-refractivity contribution < 1.29 is 34.0 Å². The van der Waals surface area contributed by atoms with Crippen LogP contribution >= 0.6 is 0 Å². The fraction of sp³-hybridized carbons (Fsp3) is 0.833. The van der Waals surface area contributed by atoms with Crippen molar-refractivity contribution in [3.63, 3.8) is 0 Å². The second-order valence-corrected chi connectivity index (χ2v) is 5.11. The first-order chi connectivity index (χ1) is 10.3. The van der Waals surface area contributed by atoms with Gasteiger partial charge in [0.05, 0.1) is 30.1 Å². The maximum Gasteiger partial charge on any atom is 0.511 e. The van der Waals surface area contributed by atoms with E-state index >= 15 is 0 Å². The van der Waals surface area contributed by atoms with Crippen LogP contribution in [0.25, 0.3) is 0 Å². The molecule has 10 heteroatoms. The van der Waals surface area contributed by atoms with E-state index in [-0.39, 0.29) is 24.2 Å². The molecule has 10 nitrogen and oxygen atoms in total. The summed E-state index contributed by atoms with van der Waals surface area (Å²) in [6, 6.07) is 0. The first kappa shape index (κ1) is 17.8. The molecule has 0 spiro atoms. The molecule has 0 radical (unpaired) electrons. The van der Waals surface area contributed by atoms with Crippen molar-refractivity contribution in [2.75, 3.05) is 13.1 Å². The highest BCUT2D eigenvalue weighted by Crippen LogP contribution is 2.17. The molecule has 0 bridgehead atoms. The minimum absolute atomic E-state index is 0.228. The standard InChI is InChI=1S/C12H21N3O7/c1-8(2)20-12(18)21-9(3)22-13-15(19)14-6-4-10(5-7-14)11(16)17/h8-10H,4-7H2,1-3H3,(H,16,17)/b15-13-. The minimum atomic E-state index is -1.08. The highest BCUT2D eigenvalue weighted by atomic mass is 16.8. The third kappa shape index (κ3) is 6.02. The van der Waals surface area contributed by atoms with Crippen LogP contribution in [0.2, 0.25) is 0 Å². The lowest BCUT2D eigenvalue weighted by molar-refractivity contribution is -0.715. The van der Waals surface area contributed by atoms with Crippen LogP contribution in [0, 0.1) is 11.1 Å². The molecular formula is C12H21N3O7. The van der Waals surface area contributed by atoms with Gasteiger partial charge in [-0.25, -0.2) is 4.79 Å². The Labute approximate surface area is 127 Å². The van der Waals surface area contributed by atoms with E-state index in [4.69, 9.17) is 19.4 Å². The number of hydrogen-bond donors (Lipinski definition) is 1. The SMILES string of the molecule is CC(C)OC(=O)OC(C)O/N=[N+](\[O-])N1CCC(C(=O)O)CC1. The Morgan fingerprint density at radius 3 is 2.36 bits per heavy atom. The molecule has 1 saturated heterocycles. The van der Waals surface area contributed by atoms with Gasteiger partial charge in [-0.15, -0.1) is 5.01 Å². The van der Waals surface area contributed by atoms with Crippen LogP contribution in [0.3, 0.4) is 0 Å². The Bertz CT molecular complexity index is 419. The monoisotopic (exact) mass is 319 g/mol. The third-order valence-corrected chi connectivity index (χ3v) is 2.92. The van der Waals surface area contributed by atoms with E-state index in [0.717, 1.165) is 0 Å². The van der Waals surface area contributed by atoms with Crippen LogP contribution in [-0.4, -0.2) is 52.7 Å². The fourth-order valence-electron chi connectivity index (χ4n) is 1.82. The topological polar surface area (TPSA) is 124 Å². The normalized spacial score (nSPS) is 18.0. The summed E-state index contributed by atoms with van der Waals surface area (Å²) in [6.45, 7) is 5.24. The lowest BCUT2D eigenvalue weighted by Crippen LogP contribution is -2.40. The van der Waals surface area contributed by atoms with Gasteiger partial charge in [0.25, 0.3) is 6.29 Å². The van der Waals surface area contributed by atoms with E-state index in [0.29, 0.717) is 12.8 Å². The predicted molar refractivity (Wildman–Crippen MR) is 71.2 cm³/mol. The van der Waals surface area contributed by atoms with Gasteiger partial charge in [0.15, 0.2) is 0 Å². The smallest absolute Gasteiger partial charge is 0.511 e. The Balaban J connectivity index is 2.36. The molecule has 0 saturated carbocycles. The number of aliphatic carboxylic acids is 1. The van der Waals surface area contributed by atoms with E-state index in [1.165, 1.54) is 11.9 Å². The van der Waals surface area contributed by atoms with Crippen molar-refractivity contribution in [1.29, 1.82) is 0 Å². The van der Waals surface area contributed by atoms with Crippen molar-refractivity contribution in [2.24, 2.45) is 11.2 Å². The zero-order chi connectivity index (χ0) is 16.7. The Hall–Kier alpha value is -2.26. The molecule has 0 amide bonds. The second-order valence-electron chi connectivity index (χ2n) is 5.11. The molecule has 1 fully saturated rings. The average molecular weight is 319 g/mol. The van der Waals surface area contributed by atoms with Gasteiger partial charge >= 0.3 is 12.1 Å². The molecular weight excluding hydrogens is 298 g/mol. The van der Waals surface area contributed by atoms with Gasteiger partial charge in [0.1, 0.15) is 0 Å². The average Bonchev–Trinajstić information content (AvgIpc) is 2.43. The van der Waals surface area contributed by atoms with E-state index in [1.807, 2.05) is 0 Å². The molecule has 1 aliphatic heterocycles. The maximum absolute atomic E-state index is 11.7. The molecule has 1 N–H and O–H groups in total. The molecule has 22 heavy (non-hydrogen) atoms. The van der Waals surface area contributed by atoms with Gasteiger partial charge in [-0.2, -0.15) is 0 Å². The highest BCUT2D eigenvalue weighted by Gasteiger charge is 2.28. The third-order valence-electron chi connectivity index (χ3n) is 2.92. The second kappa shape index (κ2) is 8.25. The number of carboxylic acid groups (broad SMARTS) is 1. The number of hydrazine groups is 1. The number of rotatable bonds is 6. The summed E-state index contributed by atoms with van der Waals surface area (Å²) < 4.78 is 9.45. The maximum atomic E-state index is 11.7. The number of hydrogen-bond acceptors (Lipinski definition) is 7. The molecule has 1 heterocycles. The van der Waals surface area contributed by atoms with Gasteiger partial charge in [-0.1, -0.05) is 0 Å². The molecule has 1 rings (SSSR count). The van der Waals surface area contributed by atoms with Crippen LogP contribution in [0.4, 0.5) is 4.79 Å². The summed E-state index contributed by atoms with van der Waals surface area (Å²) in [5, 5.41) is 25.1. The Kier molecular flexibility index (Phi) is 6.67. The quantitative estimate of drug-likeness (QED) is 0.257. The molecule has 1 aliphatic rings. The molecule has 1 atom stereocenters. The van der Waals surface area contributed by atoms with Crippen LogP contribution < -0.4 is 0 Å². The van der Waals surface area contributed by atoms with Crippen LogP contribution in [0.15, 0.2) is 5.28 Å². The number of ether oxygens (including phenoxy) is 2. The predicted octanol–water partition coefficient (Wildman–Crippen LogP) is 1.50. The van der Waals surface area contributed by atoms with Crippen molar-refractivity contribution in [1.82, 2.24) is 5.01 Å². The minimum Gasteiger partial charge on any atom is -0.569 e. The number of carboxylic acids is 1. The number of carbonyl (C=O) groups is 2. The van der Waals surface area contributed by atoms with Crippen molar-refractivity contribution in [3.05, 3.63) is 5.21 Å². The Morgan fingerprint density at radius 1 is 1.27 bits per heavy atom. The lowest BCUT2D eigenvalue weighted by atomic mass is 9.98. The first-order valence-electron chi connectivity index (χ1n) is 6.98. The molecule has 0 aromatic carbocycles. The lowest BCUT2D eigenvalue weighted by Gasteiger charge is -2.25. The van der Waals surface area contributed by atoms with Gasteiger partial charge in [0.2, 0.25) is 5.28 Å². The zero-order valence-corrected chi connectivity index (χ0v) is 12.8. The summed E-state index contributed by atoms with van der Waals surface area (Å²) >= 11 is 0. The van der Waals surface area contributed by atoms with Gasteiger partial charge in [-0.3, -0.25) is 9.63 Å². The summed E-state index contributed by atoms with van der Waals surface area (Å²) in [5.41, 5.74) is 0. The number of piperidine rings is 1. The summed E-state index contributed by atoms with van der Waals surface area (Å²) in [7, 11) is 0. The molecule has 0 aliphatic carbocycles. The van der Waals surface area contributed by atoms with Crippen molar-refractivity contribution in [3.8, 4) is 0 Å². The van der Waals surface area contributed by atoms with Gasteiger partial charge in [-0.05, 0) is 26.7 Å². The first-order valence-corrected chi connectivity index (χ1v) is 6.98. The summed E-state index contributed by atoms with van der Waals surface area (Å²) in [5.74, 6) is -1.31. The van der Waals surface area contributed by atoms with Crippen LogP contribution in [0.5, 0.6) is 0 Å². The van der Waals surface area contributed by atoms with Crippen LogP contribution in [0.1, 0.15) is 33.6 Å². The van der Waals surface area contributed by atoms with E-state index in [2.05, 4.69) is 5.28 Å². The van der Waals surface area contributed by atoms with Gasteiger partial charge in [0, 0.05) is 6.92 Å². The zero-order valence-electron chi connectivity index (χ0n) is 12.8. The van der Waals surface area contributed by atoms with E-state index in [9.17, 15) is 14.8 Å². The van der Waals surface area contributed by atoms with Crippen molar-refractivity contribution in [2.45, 2.75) is 46.0 Å². The fourth-order valence-corrected chi connectivity index (χ4v) is 1.82. The number of carbonyl (C=O) groups excluding carboxylic acids is 1. The Morgan fingerprint density at radius 2 is 1.86 bits per heavy atom. The summed E-state index contributed by atoms with van der Waals surface area (Å²) in [4.78, 5) is 27.0. The number of nitrogens with zero attached hydrogens (tertiary/aromatic N) is 3. The molecule has 1 unspecified atom stereocenters. The highest BCUT2D eigenvalue weighted by molar-refractivity contribution is 5.70. The molecule has 0 aromatic rings. The largest absolute Gasteiger partial charge is 0.569 e. The van der Waals surface area contributed by atoms with Gasteiger partial charge < -0.3 is 19.8 Å². The molecule has 0 aromatic heterocycles. The van der Waals surface area contributed by atoms with Crippen molar-refractivity contribution >= 4 is 12.1 Å². The van der Waals surface area contributed by atoms with Crippen LogP contribution in [-0.2, 0) is 19.1 Å².